The van der Waals surface area contributed by atoms with Gasteiger partial charge in [0.15, 0.2) is 5.75 Å². The van der Waals surface area contributed by atoms with E-state index in [1.807, 2.05) is 13.0 Å². The van der Waals surface area contributed by atoms with E-state index in [1.54, 1.807) is 29.8 Å². The SMILES string of the molecule is Cc1cnc(Nc2ccc(N3CCC(N4CCOCC4)CC3)cc2OC(F)F)nc1Nc1ccsc1C(N)=O. The van der Waals surface area contributed by atoms with Crippen LogP contribution in [-0.2, 0) is 4.74 Å². The predicted molar refractivity (Wildman–Crippen MR) is 147 cm³/mol. The van der Waals surface area contributed by atoms with Crippen LogP contribution in [0.25, 0.3) is 0 Å². The standard InChI is InChI=1S/C26H31F2N7O3S/c1-16-15-30-26(33-24(16)31-20-6-13-39-22(20)23(29)36)32-19-3-2-18(14-21(19)38-25(27)28)34-7-4-17(5-8-34)35-9-11-37-12-10-35/h2-3,6,13-15,17,25H,4-5,7-12H2,1H3,(H2,29,36)(H2,30,31,32,33). The molecule has 39 heavy (non-hydrogen) atoms. The number of ether oxygens (including phenoxy) is 2. The summed E-state index contributed by atoms with van der Waals surface area (Å²) in [7, 11) is 0. The van der Waals surface area contributed by atoms with E-state index < -0.39 is 12.5 Å². The first kappa shape index (κ1) is 27.0. The molecule has 0 aliphatic carbocycles. The number of aromatic nitrogens is 2. The number of alkyl halides is 2. The first-order valence-corrected chi connectivity index (χ1v) is 13.7. The Labute approximate surface area is 229 Å². The van der Waals surface area contributed by atoms with Gasteiger partial charge >= 0.3 is 6.61 Å². The minimum absolute atomic E-state index is 0.00494. The number of nitrogens with one attached hydrogen (secondary N) is 2. The van der Waals surface area contributed by atoms with Crippen LogP contribution in [0.2, 0.25) is 0 Å². The van der Waals surface area contributed by atoms with E-state index in [1.165, 1.54) is 11.3 Å². The Kier molecular flexibility index (Phi) is 8.38. The molecule has 4 N–H and O–H groups in total. The molecule has 2 fully saturated rings. The zero-order valence-corrected chi connectivity index (χ0v) is 22.3. The molecule has 2 aliphatic rings. The predicted octanol–water partition coefficient (Wildman–Crippen LogP) is 4.34. The zero-order valence-electron chi connectivity index (χ0n) is 21.5. The molecule has 4 heterocycles. The quantitative estimate of drug-likeness (QED) is 0.352. The number of hydrogen-bond acceptors (Lipinski definition) is 10. The number of morpholine rings is 1. The molecule has 3 aromatic rings. The van der Waals surface area contributed by atoms with Crippen molar-refractivity contribution in [2.24, 2.45) is 5.73 Å². The first-order valence-electron chi connectivity index (χ1n) is 12.8. The second-order valence-corrected chi connectivity index (χ2v) is 10.3. The molecule has 208 valence electrons. The molecule has 0 atom stereocenters. The Morgan fingerprint density at radius 3 is 2.64 bits per heavy atom. The van der Waals surface area contributed by atoms with Crippen LogP contribution in [0.1, 0.15) is 28.1 Å². The highest BCUT2D eigenvalue weighted by Crippen LogP contribution is 2.35. The van der Waals surface area contributed by atoms with Gasteiger partial charge in [-0.3, -0.25) is 9.69 Å². The van der Waals surface area contributed by atoms with E-state index in [4.69, 9.17) is 15.2 Å². The Hall–Kier alpha value is -3.55. The van der Waals surface area contributed by atoms with Crippen molar-refractivity contribution in [1.82, 2.24) is 14.9 Å². The monoisotopic (exact) mass is 559 g/mol. The van der Waals surface area contributed by atoms with E-state index >= 15 is 0 Å². The molecule has 0 bridgehead atoms. The molecule has 13 heteroatoms. The van der Waals surface area contributed by atoms with E-state index in [0.29, 0.717) is 28.1 Å². The lowest BCUT2D eigenvalue weighted by atomic mass is 10.0. The van der Waals surface area contributed by atoms with Crippen LogP contribution in [0.4, 0.5) is 37.6 Å². The van der Waals surface area contributed by atoms with Gasteiger partial charge in [-0.05, 0) is 43.3 Å². The van der Waals surface area contributed by atoms with Crippen molar-refractivity contribution in [3.8, 4) is 5.75 Å². The second-order valence-electron chi connectivity index (χ2n) is 9.43. The van der Waals surface area contributed by atoms with Crippen LogP contribution in [0.5, 0.6) is 5.75 Å². The molecule has 0 saturated carbocycles. The number of hydrogen-bond donors (Lipinski definition) is 3. The van der Waals surface area contributed by atoms with Crippen LogP contribution in [0, 0.1) is 6.92 Å². The maximum absolute atomic E-state index is 13.3. The summed E-state index contributed by atoms with van der Waals surface area (Å²) in [5.41, 5.74) is 7.83. The van der Waals surface area contributed by atoms with Crippen LogP contribution < -0.4 is 26.0 Å². The van der Waals surface area contributed by atoms with Crippen molar-refractivity contribution in [3.63, 3.8) is 0 Å². The summed E-state index contributed by atoms with van der Waals surface area (Å²) in [4.78, 5) is 25.5. The van der Waals surface area contributed by atoms with Crippen molar-refractivity contribution in [3.05, 3.63) is 46.3 Å². The molecule has 1 aromatic carbocycles. The lowest BCUT2D eigenvalue weighted by molar-refractivity contribution is -0.0493. The molecule has 10 nitrogen and oxygen atoms in total. The first-order chi connectivity index (χ1) is 18.9. The van der Waals surface area contributed by atoms with Crippen molar-refractivity contribution < 1.29 is 23.0 Å². The Morgan fingerprint density at radius 2 is 1.92 bits per heavy atom. The lowest BCUT2D eigenvalue weighted by Crippen LogP contribution is -2.49. The Balaban J connectivity index is 1.31. The highest BCUT2D eigenvalue weighted by molar-refractivity contribution is 7.12. The number of thiophene rings is 1. The molecule has 5 rings (SSSR count). The normalized spacial score (nSPS) is 16.9. The van der Waals surface area contributed by atoms with Gasteiger partial charge in [-0.15, -0.1) is 11.3 Å². The van der Waals surface area contributed by atoms with Crippen LogP contribution >= 0.6 is 11.3 Å². The summed E-state index contributed by atoms with van der Waals surface area (Å²) in [5, 5.41) is 7.85. The van der Waals surface area contributed by atoms with E-state index in [0.717, 1.165) is 63.5 Å². The Bertz CT molecular complexity index is 1290. The van der Waals surface area contributed by atoms with Crippen molar-refractivity contribution in [2.45, 2.75) is 32.4 Å². The Morgan fingerprint density at radius 1 is 1.15 bits per heavy atom. The number of nitrogens with zero attached hydrogens (tertiary/aromatic N) is 4. The van der Waals surface area contributed by atoms with Gasteiger partial charge < -0.3 is 30.7 Å². The fraction of sp³-hybridized carbons (Fsp3) is 0.423. The third-order valence-corrected chi connectivity index (χ3v) is 7.86. The molecule has 0 spiro atoms. The minimum atomic E-state index is -2.99. The third kappa shape index (κ3) is 6.54. The molecular formula is C26H31F2N7O3S. The fourth-order valence-corrected chi connectivity index (χ4v) is 5.61. The molecule has 2 aliphatic heterocycles. The average molecular weight is 560 g/mol. The second kappa shape index (κ2) is 12.1. The number of amides is 1. The molecule has 1 amide bonds. The zero-order chi connectivity index (χ0) is 27.4. The van der Waals surface area contributed by atoms with Crippen LogP contribution in [-0.4, -0.2) is 72.8 Å². The number of carbonyl (C=O) groups excluding carboxylic acids is 1. The minimum Gasteiger partial charge on any atom is -0.433 e. The summed E-state index contributed by atoms with van der Waals surface area (Å²) >= 11 is 1.22. The summed E-state index contributed by atoms with van der Waals surface area (Å²) in [6.07, 6.45) is 3.59. The number of carbonyl (C=O) groups is 1. The number of primary amides is 1. The number of aryl methyl sites for hydroxylation is 1. The van der Waals surface area contributed by atoms with Crippen LogP contribution in [0.15, 0.2) is 35.8 Å². The summed E-state index contributed by atoms with van der Waals surface area (Å²) in [5.74, 6) is 0.0868. The highest BCUT2D eigenvalue weighted by Gasteiger charge is 2.26. The van der Waals surface area contributed by atoms with Crippen molar-refractivity contribution in [2.75, 3.05) is 54.9 Å². The maximum Gasteiger partial charge on any atom is 0.387 e. The number of nitrogens with two attached hydrogens (primary N) is 1. The number of piperidine rings is 1. The van der Waals surface area contributed by atoms with Gasteiger partial charge in [-0.1, -0.05) is 0 Å². The maximum atomic E-state index is 13.3. The summed E-state index contributed by atoms with van der Waals surface area (Å²) in [6, 6.07) is 7.45. The van der Waals surface area contributed by atoms with Gasteiger partial charge in [-0.25, -0.2) is 4.98 Å². The number of benzene rings is 1. The lowest BCUT2D eigenvalue weighted by Gasteiger charge is -2.40. The van der Waals surface area contributed by atoms with Gasteiger partial charge in [0.25, 0.3) is 5.91 Å². The average Bonchev–Trinajstić information content (AvgIpc) is 3.40. The molecule has 0 radical (unpaired) electrons. The van der Waals surface area contributed by atoms with Gasteiger partial charge in [0.05, 0.1) is 24.6 Å². The third-order valence-electron chi connectivity index (χ3n) is 6.93. The van der Waals surface area contributed by atoms with Crippen molar-refractivity contribution in [1.29, 1.82) is 0 Å². The highest BCUT2D eigenvalue weighted by atomic mass is 32.1. The van der Waals surface area contributed by atoms with Crippen molar-refractivity contribution >= 4 is 46.1 Å². The van der Waals surface area contributed by atoms with E-state index in [-0.39, 0.29) is 11.7 Å². The molecular weight excluding hydrogens is 528 g/mol. The topological polar surface area (TPSA) is 118 Å². The largest absolute Gasteiger partial charge is 0.433 e. The number of anilines is 5. The fourth-order valence-electron chi connectivity index (χ4n) is 4.91. The molecule has 2 saturated heterocycles. The van der Waals surface area contributed by atoms with E-state index in [2.05, 4.69) is 30.4 Å². The number of rotatable bonds is 9. The summed E-state index contributed by atoms with van der Waals surface area (Å²) in [6.45, 7) is 3.93. The van der Waals surface area contributed by atoms with Gasteiger partial charge in [0.2, 0.25) is 5.95 Å². The number of halogens is 2. The molecule has 0 unspecified atom stereocenters. The van der Waals surface area contributed by atoms with Gasteiger partial charge in [0, 0.05) is 55.7 Å². The smallest absolute Gasteiger partial charge is 0.387 e. The van der Waals surface area contributed by atoms with E-state index in [9.17, 15) is 13.6 Å². The van der Waals surface area contributed by atoms with Gasteiger partial charge in [0.1, 0.15) is 10.7 Å². The van der Waals surface area contributed by atoms with Gasteiger partial charge in [-0.2, -0.15) is 13.8 Å². The molecule has 2 aromatic heterocycles. The van der Waals surface area contributed by atoms with Crippen LogP contribution in [0.3, 0.4) is 0 Å². The summed E-state index contributed by atoms with van der Waals surface area (Å²) < 4.78 is 37.0.